The monoisotopic (exact) mass is 481 g/mol. The minimum Gasteiger partial charge on any atom is -0.0619 e. The summed E-state index contributed by atoms with van der Waals surface area (Å²) < 4.78 is 0. The molecular weight excluding hydrogens is 440 g/mol. The molecule has 0 aromatic heterocycles. The van der Waals surface area contributed by atoms with Crippen LogP contribution in [0.5, 0.6) is 0 Å². The Labute approximate surface area is 216 Å². The first-order valence-corrected chi connectivity index (χ1v) is 14.1. The molecule has 182 valence electrons. The first-order valence-electron chi connectivity index (χ1n) is 12.8. The maximum Gasteiger partial charge on any atom is 0.166 e. The molecule has 4 aromatic carbocycles. The van der Waals surface area contributed by atoms with Gasteiger partial charge in [0.05, 0.1) is 10.9 Å². The van der Waals surface area contributed by atoms with Crippen molar-refractivity contribution in [1.29, 1.82) is 0 Å². The van der Waals surface area contributed by atoms with Gasteiger partial charge < -0.3 is 0 Å². The van der Waals surface area contributed by atoms with Crippen molar-refractivity contribution in [2.45, 2.75) is 80.9 Å². The second-order valence-electron chi connectivity index (χ2n) is 10.0. The van der Waals surface area contributed by atoms with Crippen molar-refractivity contribution in [3.8, 4) is 0 Å². The summed E-state index contributed by atoms with van der Waals surface area (Å²) in [7, 11) is -0.0146. The Balaban J connectivity index is 0.000000199. The van der Waals surface area contributed by atoms with Gasteiger partial charge in [-0.2, -0.15) is 0 Å². The lowest BCUT2D eigenvalue weighted by atomic mass is 9.85. The number of hydrogen-bond acceptors (Lipinski definition) is 0. The van der Waals surface area contributed by atoms with Crippen LogP contribution in [0.2, 0.25) is 0 Å². The Morgan fingerprint density at radius 2 is 0.771 bits per heavy atom. The lowest BCUT2D eigenvalue weighted by Crippen LogP contribution is -2.04. The molecular formula is C34H41S+. The average Bonchev–Trinajstić information content (AvgIpc) is 2.86. The molecule has 0 bridgehead atoms. The minimum atomic E-state index is -0.0146. The third kappa shape index (κ3) is 7.12. The van der Waals surface area contributed by atoms with Crippen LogP contribution in [0.3, 0.4) is 0 Å². The molecule has 0 heterocycles. The fourth-order valence-electron chi connectivity index (χ4n) is 4.39. The molecule has 4 rings (SSSR count). The van der Waals surface area contributed by atoms with Gasteiger partial charge in [0, 0.05) is 0 Å². The second-order valence-corrected chi connectivity index (χ2v) is 12.1. The summed E-state index contributed by atoms with van der Waals surface area (Å²) in [5.41, 5.74) is 6.03. The Hall–Kier alpha value is -2.77. The molecule has 0 amide bonds. The SMILES string of the molecule is Cc1c(C(C)C)cc(C(C)C)cc1C(C)C.c1ccc([S+](c2ccccc2)c2ccccc2)cc1. The fourth-order valence-corrected chi connectivity index (χ4v) is 6.50. The number of benzene rings is 4. The molecule has 35 heavy (non-hydrogen) atoms. The van der Waals surface area contributed by atoms with Crippen LogP contribution in [0, 0.1) is 6.92 Å². The van der Waals surface area contributed by atoms with E-state index in [1.54, 1.807) is 0 Å². The van der Waals surface area contributed by atoms with Gasteiger partial charge in [-0.25, -0.2) is 0 Å². The van der Waals surface area contributed by atoms with Crippen molar-refractivity contribution >= 4 is 10.9 Å². The predicted octanol–water partition coefficient (Wildman–Crippen LogP) is 10.1. The van der Waals surface area contributed by atoms with E-state index in [0.717, 1.165) is 0 Å². The van der Waals surface area contributed by atoms with E-state index in [4.69, 9.17) is 0 Å². The number of hydrogen-bond donors (Lipinski definition) is 0. The first-order chi connectivity index (χ1) is 16.8. The van der Waals surface area contributed by atoms with Gasteiger partial charge in [-0.3, -0.25) is 0 Å². The number of rotatable bonds is 6. The van der Waals surface area contributed by atoms with Gasteiger partial charge in [0.1, 0.15) is 0 Å². The van der Waals surface area contributed by atoms with Crippen molar-refractivity contribution in [1.82, 2.24) is 0 Å². The molecule has 0 N–H and O–H groups in total. The molecule has 1 heteroatoms. The van der Waals surface area contributed by atoms with Crippen LogP contribution in [0.25, 0.3) is 0 Å². The molecule has 0 fully saturated rings. The van der Waals surface area contributed by atoms with Crippen LogP contribution >= 0.6 is 0 Å². The lowest BCUT2D eigenvalue weighted by molar-refractivity contribution is 0.792. The standard InChI is InChI=1S/C18H15S.C16H26/c1-4-10-16(11-5-1)19(17-12-6-2-7-13-17)18-14-8-3-9-15-18;1-10(2)14-8-15(11(3)4)13(7)16(9-14)12(5)6/h1-15H;8-12H,1-7H3/q+1;. The van der Waals surface area contributed by atoms with Gasteiger partial charge in [0.25, 0.3) is 0 Å². The predicted molar refractivity (Wildman–Crippen MR) is 155 cm³/mol. The van der Waals surface area contributed by atoms with Gasteiger partial charge in [0.2, 0.25) is 0 Å². The molecule has 4 aromatic rings. The summed E-state index contributed by atoms with van der Waals surface area (Å²) in [6, 6.07) is 37.0. The summed E-state index contributed by atoms with van der Waals surface area (Å²) in [6.07, 6.45) is 0. The Morgan fingerprint density at radius 1 is 0.457 bits per heavy atom. The highest BCUT2D eigenvalue weighted by Crippen LogP contribution is 2.32. The molecule has 0 aliphatic rings. The van der Waals surface area contributed by atoms with Crippen molar-refractivity contribution in [2.75, 3.05) is 0 Å². The Morgan fingerprint density at radius 3 is 1.03 bits per heavy atom. The molecule has 0 unspecified atom stereocenters. The summed E-state index contributed by atoms with van der Waals surface area (Å²) in [4.78, 5) is 4.08. The molecule has 0 saturated heterocycles. The topological polar surface area (TPSA) is 0 Å². The highest BCUT2D eigenvalue weighted by atomic mass is 32.2. The largest absolute Gasteiger partial charge is 0.166 e. The van der Waals surface area contributed by atoms with Gasteiger partial charge in [-0.05, 0) is 83.3 Å². The van der Waals surface area contributed by atoms with Crippen molar-refractivity contribution in [2.24, 2.45) is 0 Å². The van der Waals surface area contributed by atoms with Crippen LogP contribution in [-0.4, -0.2) is 0 Å². The third-order valence-corrected chi connectivity index (χ3v) is 8.59. The van der Waals surface area contributed by atoms with E-state index in [2.05, 4.69) is 152 Å². The van der Waals surface area contributed by atoms with Gasteiger partial charge in [0.15, 0.2) is 14.7 Å². The van der Waals surface area contributed by atoms with Crippen LogP contribution in [-0.2, 0) is 10.9 Å². The van der Waals surface area contributed by atoms with Gasteiger partial charge in [-0.15, -0.1) is 0 Å². The zero-order chi connectivity index (χ0) is 25.4. The quantitative estimate of drug-likeness (QED) is 0.240. The molecule has 0 spiro atoms. The zero-order valence-electron chi connectivity index (χ0n) is 22.5. The van der Waals surface area contributed by atoms with E-state index in [-0.39, 0.29) is 10.9 Å². The van der Waals surface area contributed by atoms with E-state index < -0.39 is 0 Å². The normalized spacial score (nSPS) is 11.2. The van der Waals surface area contributed by atoms with E-state index in [9.17, 15) is 0 Å². The highest BCUT2D eigenvalue weighted by molar-refractivity contribution is 7.97. The van der Waals surface area contributed by atoms with Gasteiger partial charge >= 0.3 is 0 Å². The molecule has 0 aliphatic carbocycles. The molecule has 0 saturated carbocycles. The van der Waals surface area contributed by atoms with Crippen molar-refractivity contribution < 1.29 is 0 Å². The third-order valence-electron chi connectivity index (χ3n) is 6.36. The second kappa shape index (κ2) is 12.8. The van der Waals surface area contributed by atoms with Gasteiger partial charge in [-0.1, -0.05) is 108 Å². The fraction of sp³-hybridized carbons (Fsp3) is 0.294. The molecule has 0 aliphatic heterocycles. The summed E-state index contributed by atoms with van der Waals surface area (Å²) >= 11 is 0. The smallest absolute Gasteiger partial charge is 0.0619 e. The lowest BCUT2D eigenvalue weighted by Gasteiger charge is -2.20. The highest BCUT2D eigenvalue weighted by Gasteiger charge is 2.27. The maximum absolute atomic E-state index is 2.40. The average molecular weight is 482 g/mol. The molecule has 0 atom stereocenters. The zero-order valence-corrected chi connectivity index (χ0v) is 23.3. The van der Waals surface area contributed by atoms with E-state index in [0.29, 0.717) is 17.8 Å². The van der Waals surface area contributed by atoms with Crippen LogP contribution < -0.4 is 0 Å². The summed E-state index contributed by atoms with van der Waals surface area (Å²) in [5, 5.41) is 0. The van der Waals surface area contributed by atoms with Crippen LogP contribution in [0.4, 0.5) is 0 Å². The first kappa shape index (κ1) is 26.8. The van der Waals surface area contributed by atoms with E-state index >= 15 is 0 Å². The minimum absolute atomic E-state index is 0.0146. The van der Waals surface area contributed by atoms with Crippen LogP contribution in [0.1, 0.15) is 81.5 Å². The molecule has 0 nitrogen and oxygen atoms in total. The molecule has 0 radical (unpaired) electrons. The summed E-state index contributed by atoms with van der Waals surface area (Å²) in [5.74, 6) is 1.86. The van der Waals surface area contributed by atoms with Crippen LogP contribution in [0.15, 0.2) is 118 Å². The Kier molecular flexibility index (Phi) is 9.81. The maximum atomic E-state index is 2.40. The van der Waals surface area contributed by atoms with E-state index in [1.165, 1.54) is 36.9 Å². The van der Waals surface area contributed by atoms with Crippen molar-refractivity contribution in [3.05, 3.63) is 125 Å². The van der Waals surface area contributed by atoms with Crippen molar-refractivity contribution in [3.63, 3.8) is 0 Å². The summed E-state index contributed by atoms with van der Waals surface area (Å²) in [6.45, 7) is 16.0. The Bertz CT molecular complexity index is 1040. The van der Waals surface area contributed by atoms with E-state index in [1.807, 2.05) is 0 Å².